The summed E-state index contributed by atoms with van der Waals surface area (Å²) in [5, 5.41) is 7.26. The number of carbonyl (C=O) groups excluding carboxylic acids is 1. The number of aromatic nitrogens is 5. The second-order valence-electron chi connectivity index (χ2n) is 6.26. The molecular weight excluding hydrogens is 330 g/mol. The maximum Gasteiger partial charge on any atom is 0.254 e. The highest BCUT2D eigenvalue weighted by Gasteiger charge is 2.24. The molecule has 1 amide bonds. The van der Waals surface area contributed by atoms with Crippen LogP contribution in [-0.2, 0) is 0 Å². The third kappa shape index (κ3) is 3.53. The Hall–Kier alpha value is -3.29. The SMILES string of the molecule is O=C(NCC1CCN(c2ccncn2)C1)c1cnn(-c2ccncc2)c1. The molecule has 4 heterocycles. The van der Waals surface area contributed by atoms with E-state index in [9.17, 15) is 4.79 Å². The molecule has 0 saturated carbocycles. The first-order valence-corrected chi connectivity index (χ1v) is 8.54. The molecule has 26 heavy (non-hydrogen) atoms. The van der Waals surface area contributed by atoms with E-state index in [4.69, 9.17) is 0 Å². The monoisotopic (exact) mass is 349 g/mol. The summed E-state index contributed by atoms with van der Waals surface area (Å²) in [4.78, 5) is 26.8. The van der Waals surface area contributed by atoms with E-state index in [1.807, 2.05) is 18.2 Å². The molecular formula is C18H19N7O. The minimum Gasteiger partial charge on any atom is -0.356 e. The number of nitrogens with zero attached hydrogens (tertiary/aromatic N) is 6. The number of rotatable bonds is 5. The molecule has 0 spiro atoms. The molecule has 1 fully saturated rings. The molecule has 1 atom stereocenters. The predicted molar refractivity (Wildman–Crippen MR) is 96.0 cm³/mol. The second-order valence-corrected chi connectivity index (χ2v) is 6.26. The summed E-state index contributed by atoms with van der Waals surface area (Å²) in [5.74, 6) is 1.24. The highest BCUT2D eigenvalue weighted by atomic mass is 16.1. The molecule has 0 radical (unpaired) electrons. The maximum atomic E-state index is 12.4. The van der Waals surface area contributed by atoms with E-state index in [0.717, 1.165) is 31.0 Å². The van der Waals surface area contributed by atoms with Crippen LogP contribution in [0.2, 0.25) is 0 Å². The van der Waals surface area contributed by atoms with Gasteiger partial charge in [-0.05, 0) is 30.5 Å². The lowest BCUT2D eigenvalue weighted by molar-refractivity contribution is 0.0948. The quantitative estimate of drug-likeness (QED) is 0.747. The molecule has 0 aliphatic carbocycles. The van der Waals surface area contributed by atoms with E-state index in [1.165, 1.54) is 0 Å². The van der Waals surface area contributed by atoms with E-state index >= 15 is 0 Å². The van der Waals surface area contributed by atoms with Crippen LogP contribution in [0.3, 0.4) is 0 Å². The molecule has 1 N–H and O–H groups in total. The van der Waals surface area contributed by atoms with Gasteiger partial charge in [-0.3, -0.25) is 9.78 Å². The highest BCUT2D eigenvalue weighted by Crippen LogP contribution is 2.20. The van der Waals surface area contributed by atoms with Gasteiger partial charge in [-0.15, -0.1) is 0 Å². The molecule has 1 unspecified atom stereocenters. The van der Waals surface area contributed by atoms with Crippen LogP contribution >= 0.6 is 0 Å². The molecule has 1 saturated heterocycles. The number of hydrogen-bond acceptors (Lipinski definition) is 6. The van der Waals surface area contributed by atoms with Gasteiger partial charge in [0.05, 0.1) is 17.4 Å². The van der Waals surface area contributed by atoms with Crippen molar-refractivity contribution in [1.82, 2.24) is 30.0 Å². The van der Waals surface area contributed by atoms with E-state index in [2.05, 4.69) is 30.3 Å². The maximum absolute atomic E-state index is 12.4. The standard InChI is InChI=1S/C18H19N7O/c26-18(15-10-23-25(12-15)16-1-5-19-6-2-16)21-9-14-4-8-24(11-14)17-3-7-20-13-22-17/h1-3,5-7,10,12-14H,4,8-9,11H2,(H,21,26). The third-order valence-electron chi connectivity index (χ3n) is 4.50. The second kappa shape index (κ2) is 7.30. The summed E-state index contributed by atoms with van der Waals surface area (Å²) in [6, 6.07) is 5.60. The fraction of sp³-hybridized carbons (Fsp3) is 0.278. The lowest BCUT2D eigenvalue weighted by Crippen LogP contribution is -2.31. The first kappa shape index (κ1) is 16.2. The van der Waals surface area contributed by atoms with Crippen molar-refractivity contribution < 1.29 is 4.79 Å². The van der Waals surface area contributed by atoms with Crippen LogP contribution in [0.5, 0.6) is 0 Å². The Bertz CT molecular complexity index is 866. The molecule has 3 aromatic rings. The average Bonchev–Trinajstić information content (AvgIpc) is 3.37. The van der Waals surface area contributed by atoms with E-state index in [-0.39, 0.29) is 5.91 Å². The van der Waals surface area contributed by atoms with Gasteiger partial charge in [0.2, 0.25) is 0 Å². The van der Waals surface area contributed by atoms with Crippen molar-refractivity contribution in [2.45, 2.75) is 6.42 Å². The van der Waals surface area contributed by atoms with Crippen molar-refractivity contribution in [3.63, 3.8) is 0 Å². The zero-order chi connectivity index (χ0) is 17.8. The van der Waals surface area contributed by atoms with Crippen LogP contribution < -0.4 is 10.2 Å². The smallest absolute Gasteiger partial charge is 0.254 e. The number of hydrogen-bond donors (Lipinski definition) is 1. The Balaban J connectivity index is 1.32. The molecule has 3 aromatic heterocycles. The number of pyridine rings is 1. The molecule has 8 heteroatoms. The van der Waals surface area contributed by atoms with Gasteiger partial charge in [0.15, 0.2) is 0 Å². The van der Waals surface area contributed by atoms with Crippen LogP contribution in [0.4, 0.5) is 5.82 Å². The van der Waals surface area contributed by atoms with Crippen LogP contribution in [-0.4, -0.2) is 50.3 Å². The van der Waals surface area contributed by atoms with Gasteiger partial charge in [0.1, 0.15) is 12.1 Å². The van der Waals surface area contributed by atoms with E-state index in [0.29, 0.717) is 18.0 Å². The largest absolute Gasteiger partial charge is 0.356 e. The summed E-state index contributed by atoms with van der Waals surface area (Å²) >= 11 is 0. The Morgan fingerprint density at radius 3 is 2.85 bits per heavy atom. The number of amides is 1. The summed E-state index contributed by atoms with van der Waals surface area (Å²) in [7, 11) is 0. The van der Waals surface area contributed by atoms with Crippen LogP contribution in [0, 0.1) is 5.92 Å². The Morgan fingerprint density at radius 2 is 2.04 bits per heavy atom. The van der Waals surface area contributed by atoms with Crippen molar-refractivity contribution in [2.75, 3.05) is 24.5 Å². The first-order chi connectivity index (χ1) is 12.8. The number of nitrogens with one attached hydrogen (secondary N) is 1. The van der Waals surface area contributed by atoms with Gasteiger partial charge in [-0.2, -0.15) is 5.10 Å². The molecule has 1 aliphatic rings. The summed E-state index contributed by atoms with van der Waals surface area (Å²) < 4.78 is 1.67. The molecule has 0 aromatic carbocycles. The van der Waals surface area contributed by atoms with E-state index in [1.54, 1.807) is 42.0 Å². The van der Waals surface area contributed by atoms with Gasteiger partial charge in [-0.25, -0.2) is 14.6 Å². The van der Waals surface area contributed by atoms with Crippen LogP contribution in [0.25, 0.3) is 5.69 Å². The van der Waals surface area contributed by atoms with Gasteiger partial charge in [0, 0.05) is 44.4 Å². The average molecular weight is 349 g/mol. The third-order valence-corrected chi connectivity index (χ3v) is 4.50. The van der Waals surface area contributed by atoms with Gasteiger partial charge >= 0.3 is 0 Å². The van der Waals surface area contributed by atoms with Crippen molar-refractivity contribution in [3.05, 3.63) is 61.1 Å². The summed E-state index contributed by atoms with van der Waals surface area (Å²) in [6.45, 7) is 2.46. The lowest BCUT2D eigenvalue weighted by Gasteiger charge is -2.17. The van der Waals surface area contributed by atoms with Crippen molar-refractivity contribution in [1.29, 1.82) is 0 Å². The molecule has 8 nitrogen and oxygen atoms in total. The van der Waals surface area contributed by atoms with E-state index < -0.39 is 0 Å². The lowest BCUT2D eigenvalue weighted by atomic mass is 10.1. The van der Waals surface area contributed by atoms with Gasteiger partial charge < -0.3 is 10.2 Å². The fourth-order valence-electron chi connectivity index (χ4n) is 3.10. The molecule has 132 valence electrons. The van der Waals surface area contributed by atoms with Crippen molar-refractivity contribution in [2.24, 2.45) is 5.92 Å². The summed E-state index contributed by atoms with van der Waals surface area (Å²) in [6.07, 6.45) is 11.0. The highest BCUT2D eigenvalue weighted by molar-refractivity contribution is 5.93. The Morgan fingerprint density at radius 1 is 1.19 bits per heavy atom. The number of anilines is 1. The minimum atomic E-state index is -0.106. The fourth-order valence-corrected chi connectivity index (χ4v) is 3.10. The topological polar surface area (TPSA) is 88.8 Å². The normalized spacial score (nSPS) is 16.6. The van der Waals surface area contributed by atoms with Gasteiger partial charge in [0.25, 0.3) is 5.91 Å². The molecule has 4 rings (SSSR count). The molecule has 1 aliphatic heterocycles. The molecule has 0 bridgehead atoms. The number of carbonyl (C=O) groups is 1. The van der Waals surface area contributed by atoms with Crippen LogP contribution in [0.15, 0.2) is 55.5 Å². The van der Waals surface area contributed by atoms with Gasteiger partial charge in [-0.1, -0.05) is 0 Å². The minimum absolute atomic E-state index is 0.106. The Labute approximate surface area is 150 Å². The predicted octanol–water partition coefficient (Wildman–Crippen LogP) is 1.31. The van der Waals surface area contributed by atoms with Crippen LogP contribution in [0.1, 0.15) is 16.8 Å². The summed E-state index contributed by atoms with van der Waals surface area (Å²) in [5.41, 5.74) is 1.42. The van der Waals surface area contributed by atoms with Crippen molar-refractivity contribution in [3.8, 4) is 5.69 Å². The Kier molecular flexibility index (Phi) is 4.55. The zero-order valence-corrected chi connectivity index (χ0v) is 14.2. The van der Waals surface area contributed by atoms with Crippen molar-refractivity contribution >= 4 is 11.7 Å². The first-order valence-electron chi connectivity index (χ1n) is 8.54. The zero-order valence-electron chi connectivity index (χ0n) is 14.2.